The van der Waals surface area contributed by atoms with E-state index in [0.717, 1.165) is 0 Å². The van der Waals surface area contributed by atoms with Crippen molar-refractivity contribution in [1.29, 1.82) is 0 Å². The van der Waals surface area contributed by atoms with Gasteiger partial charge in [0, 0.05) is 18.5 Å². The number of carbonyl (C=O) groups excluding carboxylic acids is 1. The molecule has 1 aromatic carbocycles. The highest BCUT2D eigenvalue weighted by molar-refractivity contribution is 6.32. The summed E-state index contributed by atoms with van der Waals surface area (Å²) in [6, 6.07) is 4.36. The lowest BCUT2D eigenvalue weighted by atomic mass is 9.66. The average Bonchev–Trinajstić information content (AvgIpc) is 2.61. The predicted octanol–water partition coefficient (Wildman–Crippen LogP) is 3.09. The van der Waals surface area contributed by atoms with E-state index in [1.165, 1.54) is 7.11 Å². The molecule has 3 N–H and O–H groups in total. The van der Waals surface area contributed by atoms with Crippen LogP contribution in [0, 0.1) is 11.3 Å². The number of aliphatic hydroxyl groups is 1. The van der Waals surface area contributed by atoms with Crippen molar-refractivity contribution in [3.05, 3.63) is 28.8 Å². The van der Waals surface area contributed by atoms with Crippen molar-refractivity contribution in [1.82, 2.24) is 10.2 Å². The Hall–Kier alpha value is -1.99. The van der Waals surface area contributed by atoms with Crippen molar-refractivity contribution >= 4 is 23.6 Å². The van der Waals surface area contributed by atoms with Crippen molar-refractivity contribution in [2.45, 2.75) is 45.8 Å². The summed E-state index contributed by atoms with van der Waals surface area (Å²) in [6.07, 6.45) is -0.915. The molecule has 0 radical (unpaired) electrons. The Morgan fingerprint density at radius 1 is 1.32 bits per heavy atom. The van der Waals surface area contributed by atoms with E-state index in [1.807, 2.05) is 13.8 Å². The Labute approximate surface area is 170 Å². The van der Waals surface area contributed by atoms with Crippen LogP contribution in [0.2, 0.25) is 5.02 Å². The van der Waals surface area contributed by atoms with Gasteiger partial charge in [0.1, 0.15) is 11.8 Å². The number of methoxy groups -OCH3 is 1. The fourth-order valence-corrected chi connectivity index (χ4v) is 4.00. The number of piperidine rings is 1. The van der Waals surface area contributed by atoms with Gasteiger partial charge in [0.25, 0.3) is 0 Å². The van der Waals surface area contributed by atoms with Crippen LogP contribution in [0.5, 0.6) is 5.75 Å². The molecule has 0 bridgehead atoms. The lowest BCUT2D eigenvalue weighted by molar-refractivity contribution is -0.155. The van der Waals surface area contributed by atoms with Gasteiger partial charge in [-0.1, -0.05) is 45.4 Å². The van der Waals surface area contributed by atoms with E-state index in [9.17, 15) is 14.7 Å². The lowest BCUT2D eigenvalue weighted by Crippen LogP contribution is -2.60. The molecule has 1 unspecified atom stereocenters. The van der Waals surface area contributed by atoms with Gasteiger partial charge < -0.3 is 25.2 Å². The van der Waals surface area contributed by atoms with Gasteiger partial charge in [0.15, 0.2) is 0 Å². The third kappa shape index (κ3) is 4.20. The summed E-state index contributed by atoms with van der Waals surface area (Å²) in [6.45, 7) is 7.98. The fourth-order valence-electron chi connectivity index (χ4n) is 3.81. The molecule has 8 heteroatoms. The van der Waals surface area contributed by atoms with Crippen LogP contribution in [0.4, 0.5) is 4.79 Å². The first-order chi connectivity index (χ1) is 12.9. The fraction of sp³-hybridized carbons (Fsp3) is 0.600. The summed E-state index contributed by atoms with van der Waals surface area (Å²) >= 11 is 6.11. The molecule has 156 valence electrons. The number of nitrogens with zero attached hydrogens (tertiary/aromatic N) is 1. The van der Waals surface area contributed by atoms with Crippen LogP contribution < -0.4 is 10.1 Å². The van der Waals surface area contributed by atoms with Crippen molar-refractivity contribution < 1.29 is 24.5 Å². The molecule has 0 aliphatic carbocycles. The Morgan fingerprint density at radius 3 is 2.46 bits per heavy atom. The summed E-state index contributed by atoms with van der Waals surface area (Å²) in [7, 11) is 1.52. The number of amides is 2. The third-order valence-corrected chi connectivity index (χ3v) is 5.91. The van der Waals surface area contributed by atoms with E-state index in [0.29, 0.717) is 29.3 Å². The first kappa shape index (κ1) is 22.3. The number of benzene rings is 1. The Kier molecular flexibility index (Phi) is 6.51. The second-order valence-corrected chi connectivity index (χ2v) is 8.68. The van der Waals surface area contributed by atoms with Gasteiger partial charge in [-0.3, -0.25) is 4.79 Å². The molecule has 1 fully saturated rings. The second kappa shape index (κ2) is 8.17. The Morgan fingerprint density at radius 2 is 1.96 bits per heavy atom. The van der Waals surface area contributed by atoms with Gasteiger partial charge >= 0.3 is 6.09 Å². The van der Waals surface area contributed by atoms with Gasteiger partial charge in [-0.15, -0.1) is 0 Å². The number of likely N-dealkylation sites (tertiary alicyclic amines) is 1. The molecular formula is C20H29ClN2O5. The number of carbonyl (C=O) groups is 2. The van der Waals surface area contributed by atoms with E-state index in [-0.39, 0.29) is 18.4 Å². The van der Waals surface area contributed by atoms with E-state index in [2.05, 4.69) is 5.32 Å². The van der Waals surface area contributed by atoms with E-state index < -0.39 is 23.2 Å². The first-order valence-electron chi connectivity index (χ1n) is 9.27. The minimum absolute atomic E-state index is 0.187. The smallest absolute Gasteiger partial charge is 0.405 e. The zero-order valence-corrected chi connectivity index (χ0v) is 17.7. The van der Waals surface area contributed by atoms with Crippen molar-refractivity contribution in [3.63, 3.8) is 0 Å². The molecule has 0 spiro atoms. The predicted molar refractivity (Wildman–Crippen MR) is 107 cm³/mol. The number of carboxylic acid groups (broad SMARTS) is 1. The molecule has 7 nitrogen and oxygen atoms in total. The molecule has 1 saturated heterocycles. The quantitative estimate of drug-likeness (QED) is 0.690. The number of hydrogen-bond donors (Lipinski definition) is 3. The molecule has 1 aromatic rings. The molecule has 2 amide bonds. The highest BCUT2D eigenvalue weighted by Crippen LogP contribution is 2.47. The maximum atomic E-state index is 12.9. The van der Waals surface area contributed by atoms with E-state index in [1.54, 1.807) is 36.9 Å². The number of halogens is 1. The van der Waals surface area contributed by atoms with Gasteiger partial charge in [-0.05, 0) is 30.0 Å². The van der Waals surface area contributed by atoms with Crippen LogP contribution in [-0.4, -0.2) is 53.4 Å². The maximum absolute atomic E-state index is 12.9. The Balaban J connectivity index is 2.28. The number of hydrogen-bond acceptors (Lipinski definition) is 4. The molecule has 2 rings (SSSR count). The molecule has 28 heavy (non-hydrogen) atoms. The molecule has 2 atom stereocenters. The number of nitrogens with one attached hydrogen (secondary N) is 1. The summed E-state index contributed by atoms with van der Waals surface area (Å²) in [5.41, 5.74) is -1.19. The van der Waals surface area contributed by atoms with E-state index >= 15 is 0 Å². The summed E-state index contributed by atoms with van der Waals surface area (Å²) in [4.78, 5) is 25.6. The number of ether oxygens (including phenoxy) is 1. The second-order valence-electron chi connectivity index (χ2n) is 8.27. The maximum Gasteiger partial charge on any atom is 0.405 e. The lowest BCUT2D eigenvalue weighted by Gasteiger charge is -2.51. The average molecular weight is 413 g/mol. The highest BCUT2D eigenvalue weighted by Gasteiger charge is 2.50. The van der Waals surface area contributed by atoms with Gasteiger partial charge in [-0.2, -0.15) is 0 Å². The third-order valence-electron chi connectivity index (χ3n) is 5.60. The highest BCUT2D eigenvalue weighted by atomic mass is 35.5. The Bertz CT molecular complexity index is 752. The van der Waals surface area contributed by atoms with Gasteiger partial charge in [0.2, 0.25) is 5.91 Å². The SMILES string of the molecule is COc1cc(C2(O)CCN(C(=O)[C@H](NC(=O)O)C(C)C)CC2(C)C)ccc1Cl. The zero-order chi connectivity index (χ0) is 21.3. The van der Waals surface area contributed by atoms with Crippen LogP contribution in [0.3, 0.4) is 0 Å². The summed E-state index contributed by atoms with van der Waals surface area (Å²) < 4.78 is 5.27. The topological polar surface area (TPSA) is 99.1 Å². The zero-order valence-electron chi connectivity index (χ0n) is 17.0. The van der Waals surface area contributed by atoms with Crippen LogP contribution in [-0.2, 0) is 10.4 Å². The number of rotatable bonds is 5. The van der Waals surface area contributed by atoms with Crippen molar-refractivity contribution in [3.8, 4) is 5.75 Å². The van der Waals surface area contributed by atoms with Crippen LogP contribution in [0.25, 0.3) is 0 Å². The monoisotopic (exact) mass is 412 g/mol. The van der Waals surface area contributed by atoms with Crippen LogP contribution in [0.1, 0.15) is 39.7 Å². The standard InChI is InChI=1S/C20H29ClN2O5/c1-12(2)16(22-18(25)26)17(24)23-9-8-20(27,19(3,4)11-23)13-6-7-14(21)15(10-13)28-5/h6-7,10,12,16,22,27H,8-9,11H2,1-5H3,(H,25,26)/t16-,20?/m1/s1. The van der Waals surface area contributed by atoms with Crippen molar-refractivity contribution in [2.24, 2.45) is 11.3 Å². The molecule has 0 saturated carbocycles. The molecule has 1 heterocycles. The minimum Gasteiger partial charge on any atom is -0.495 e. The first-order valence-corrected chi connectivity index (χ1v) is 9.65. The summed E-state index contributed by atoms with van der Waals surface area (Å²) in [5.74, 6) is 0.0155. The van der Waals surface area contributed by atoms with Crippen molar-refractivity contribution in [2.75, 3.05) is 20.2 Å². The normalized spacial score (nSPS) is 22.6. The molecule has 1 aliphatic heterocycles. The largest absolute Gasteiger partial charge is 0.495 e. The van der Waals surface area contributed by atoms with E-state index in [4.69, 9.17) is 21.4 Å². The van der Waals surface area contributed by atoms with Gasteiger partial charge in [0.05, 0.1) is 17.7 Å². The summed E-state index contributed by atoms with van der Waals surface area (Å²) in [5, 5.41) is 23.3. The minimum atomic E-state index is -1.23. The van der Waals surface area contributed by atoms with Crippen LogP contribution in [0.15, 0.2) is 18.2 Å². The molecule has 1 aliphatic rings. The van der Waals surface area contributed by atoms with Gasteiger partial charge in [-0.25, -0.2) is 4.79 Å². The molecule has 0 aromatic heterocycles. The molecular weight excluding hydrogens is 384 g/mol. The van der Waals surface area contributed by atoms with Crippen LogP contribution >= 0.6 is 11.6 Å².